The zero-order chi connectivity index (χ0) is 14.7. The summed E-state index contributed by atoms with van der Waals surface area (Å²) in [6.45, 7) is 3.78. The lowest BCUT2D eigenvalue weighted by molar-refractivity contribution is 0.262. The minimum absolute atomic E-state index is 0.0297. The second-order valence-corrected chi connectivity index (χ2v) is 4.85. The van der Waals surface area contributed by atoms with E-state index in [1.807, 2.05) is 32.0 Å². The maximum atomic E-state index is 13.6. The summed E-state index contributed by atoms with van der Waals surface area (Å²) in [7, 11) is 0. The first-order valence-corrected chi connectivity index (χ1v) is 6.45. The van der Waals surface area contributed by atoms with Crippen molar-refractivity contribution in [2.45, 2.75) is 13.8 Å². The molecule has 0 fully saturated rings. The number of nitrogens with one attached hydrogen (secondary N) is 2. The predicted molar refractivity (Wildman–Crippen MR) is 80.0 cm³/mol. The van der Waals surface area contributed by atoms with Crippen LogP contribution in [0.2, 0.25) is 5.02 Å². The summed E-state index contributed by atoms with van der Waals surface area (Å²) in [6, 6.07) is 9.37. The molecule has 0 saturated heterocycles. The van der Waals surface area contributed by atoms with Gasteiger partial charge < -0.3 is 10.6 Å². The number of amides is 2. The van der Waals surface area contributed by atoms with Crippen LogP contribution in [0.1, 0.15) is 11.1 Å². The first-order chi connectivity index (χ1) is 9.49. The molecule has 0 saturated carbocycles. The summed E-state index contributed by atoms with van der Waals surface area (Å²) in [5, 5.41) is 5.28. The predicted octanol–water partition coefficient (Wildman–Crippen LogP) is 4.74. The van der Waals surface area contributed by atoms with Gasteiger partial charge in [0.2, 0.25) is 0 Å². The Hall–Kier alpha value is -2.07. The van der Waals surface area contributed by atoms with E-state index in [1.54, 1.807) is 0 Å². The normalized spacial score (nSPS) is 10.2. The van der Waals surface area contributed by atoms with Crippen LogP contribution in [0.4, 0.5) is 20.6 Å². The third-order valence-corrected chi connectivity index (χ3v) is 3.24. The van der Waals surface area contributed by atoms with Crippen molar-refractivity contribution in [2.24, 2.45) is 0 Å². The van der Waals surface area contributed by atoms with Gasteiger partial charge in [-0.1, -0.05) is 35.9 Å². The van der Waals surface area contributed by atoms with E-state index in [9.17, 15) is 9.18 Å². The van der Waals surface area contributed by atoms with E-state index in [-0.39, 0.29) is 10.7 Å². The lowest BCUT2D eigenvalue weighted by Gasteiger charge is -2.13. The van der Waals surface area contributed by atoms with Crippen molar-refractivity contribution < 1.29 is 9.18 Å². The van der Waals surface area contributed by atoms with Gasteiger partial charge in [0.15, 0.2) is 0 Å². The van der Waals surface area contributed by atoms with Crippen LogP contribution in [0.25, 0.3) is 0 Å². The molecule has 2 aromatic carbocycles. The standard InChI is InChI=1S/C15H14ClFN2O/c1-9-5-3-6-10(2)13(9)18-15(20)19-14-11(16)7-4-8-12(14)17/h3-8H,1-2H3,(H2,18,19,20). The number of hydrogen-bond acceptors (Lipinski definition) is 1. The van der Waals surface area contributed by atoms with Crippen molar-refractivity contribution >= 4 is 29.0 Å². The van der Waals surface area contributed by atoms with E-state index < -0.39 is 11.8 Å². The van der Waals surface area contributed by atoms with Gasteiger partial charge in [0.1, 0.15) is 5.82 Å². The molecule has 0 aliphatic heterocycles. The van der Waals surface area contributed by atoms with Crippen LogP contribution in [-0.4, -0.2) is 6.03 Å². The second-order valence-electron chi connectivity index (χ2n) is 4.44. The summed E-state index contributed by atoms with van der Waals surface area (Å²) in [5.74, 6) is -0.575. The van der Waals surface area contributed by atoms with Gasteiger partial charge in [-0.15, -0.1) is 0 Å². The molecule has 20 heavy (non-hydrogen) atoms. The molecule has 0 aliphatic rings. The van der Waals surface area contributed by atoms with Gasteiger partial charge in [0.25, 0.3) is 0 Å². The van der Waals surface area contributed by atoms with Crippen molar-refractivity contribution in [3.8, 4) is 0 Å². The summed E-state index contributed by atoms with van der Waals surface area (Å²) in [5.41, 5.74) is 2.54. The summed E-state index contributed by atoms with van der Waals surface area (Å²) in [6.07, 6.45) is 0. The fourth-order valence-electron chi connectivity index (χ4n) is 1.89. The largest absolute Gasteiger partial charge is 0.323 e. The molecular formula is C15H14ClFN2O. The number of rotatable bonds is 2. The first-order valence-electron chi connectivity index (χ1n) is 6.07. The van der Waals surface area contributed by atoms with Crippen molar-refractivity contribution in [1.29, 1.82) is 0 Å². The Morgan fingerprint density at radius 2 is 1.55 bits per heavy atom. The minimum atomic E-state index is -0.575. The van der Waals surface area contributed by atoms with E-state index in [0.29, 0.717) is 5.69 Å². The molecule has 2 N–H and O–H groups in total. The molecule has 0 atom stereocenters. The van der Waals surface area contributed by atoms with Gasteiger partial charge in [0, 0.05) is 5.69 Å². The lowest BCUT2D eigenvalue weighted by Crippen LogP contribution is -2.21. The lowest BCUT2D eigenvalue weighted by atomic mass is 10.1. The van der Waals surface area contributed by atoms with Crippen LogP contribution in [0.5, 0.6) is 0 Å². The van der Waals surface area contributed by atoms with Gasteiger partial charge in [-0.2, -0.15) is 0 Å². The Morgan fingerprint density at radius 3 is 2.15 bits per heavy atom. The zero-order valence-corrected chi connectivity index (χ0v) is 11.9. The zero-order valence-electron chi connectivity index (χ0n) is 11.1. The van der Waals surface area contributed by atoms with Gasteiger partial charge >= 0.3 is 6.03 Å². The molecule has 0 bridgehead atoms. The molecular weight excluding hydrogens is 279 g/mol. The Morgan fingerprint density at radius 1 is 1.00 bits per heavy atom. The highest BCUT2D eigenvalue weighted by atomic mass is 35.5. The highest BCUT2D eigenvalue weighted by molar-refractivity contribution is 6.33. The Labute approximate surface area is 121 Å². The van der Waals surface area contributed by atoms with Crippen LogP contribution in [0.3, 0.4) is 0 Å². The van der Waals surface area contributed by atoms with Crippen LogP contribution in [0, 0.1) is 19.7 Å². The van der Waals surface area contributed by atoms with E-state index in [4.69, 9.17) is 11.6 Å². The molecule has 2 rings (SSSR count). The molecule has 0 aliphatic carbocycles. The summed E-state index contributed by atoms with van der Waals surface area (Å²) < 4.78 is 13.6. The Balaban J connectivity index is 2.18. The second kappa shape index (κ2) is 5.92. The average molecular weight is 293 g/mol. The fraction of sp³-hybridized carbons (Fsp3) is 0.133. The number of benzene rings is 2. The van der Waals surface area contributed by atoms with Crippen molar-refractivity contribution in [3.05, 3.63) is 58.4 Å². The van der Waals surface area contributed by atoms with Gasteiger partial charge in [-0.25, -0.2) is 9.18 Å². The number of aryl methyl sites for hydroxylation is 2. The molecule has 0 radical (unpaired) electrons. The molecule has 5 heteroatoms. The van der Waals surface area contributed by atoms with Crippen LogP contribution < -0.4 is 10.6 Å². The quantitative estimate of drug-likeness (QED) is 0.824. The molecule has 0 unspecified atom stereocenters. The van der Waals surface area contributed by atoms with Crippen molar-refractivity contribution in [2.75, 3.05) is 10.6 Å². The number of carbonyl (C=O) groups excluding carboxylic acids is 1. The molecule has 0 heterocycles. The maximum Gasteiger partial charge on any atom is 0.323 e. The first kappa shape index (κ1) is 14.3. The average Bonchev–Trinajstić information content (AvgIpc) is 2.39. The molecule has 104 valence electrons. The SMILES string of the molecule is Cc1cccc(C)c1NC(=O)Nc1c(F)cccc1Cl. The monoisotopic (exact) mass is 292 g/mol. The molecule has 2 aromatic rings. The minimum Gasteiger partial charge on any atom is -0.307 e. The maximum absolute atomic E-state index is 13.6. The number of carbonyl (C=O) groups is 1. The number of urea groups is 1. The highest BCUT2D eigenvalue weighted by Crippen LogP contribution is 2.25. The number of hydrogen-bond donors (Lipinski definition) is 2. The van der Waals surface area contributed by atoms with E-state index in [1.165, 1.54) is 18.2 Å². The molecule has 0 spiro atoms. The third-order valence-electron chi connectivity index (χ3n) is 2.92. The molecule has 0 aromatic heterocycles. The highest BCUT2D eigenvalue weighted by Gasteiger charge is 2.12. The number of anilines is 2. The molecule has 3 nitrogen and oxygen atoms in total. The van der Waals surface area contributed by atoms with Crippen LogP contribution in [-0.2, 0) is 0 Å². The Bertz CT molecular complexity index is 562. The van der Waals surface area contributed by atoms with Gasteiger partial charge in [-0.05, 0) is 37.1 Å². The van der Waals surface area contributed by atoms with E-state index in [0.717, 1.165) is 11.1 Å². The van der Waals surface area contributed by atoms with Crippen LogP contribution >= 0.6 is 11.6 Å². The summed E-state index contributed by atoms with van der Waals surface area (Å²) >= 11 is 5.86. The van der Waals surface area contributed by atoms with Gasteiger partial charge in [-0.3, -0.25) is 0 Å². The fourth-order valence-corrected chi connectivity index (χ4v) is 2.10. The van der Waals surface area contributed by atoms with Crippen molar-refractivity contribution in [3.63, 3.8) is 0 Å². The van der Waals surface area contributed by atoms with Crippen LogP contribution in [0.15, 0.2) is 36.4 Å². The topological polar surface area (TPSA) is 41.1 Å². The Kier molecular flexibility index (Phi) is 4.25. The summed E-state index contributed by atoms with van der Waals surface area (Å²) in [4.78, 5) is 11.9. The smallest absolute Gasteiger partial charge is 0.307 e. The van der Waals surface area contributed by atoms with E-state index in [2.05, 4.69) is 10.6 Å². The number of halogens is 2. The third kappa shape index (κ3) is 3.08. The van der Waals surface area contributed by atoms with Gasteiger partial charge in [0.05, 0.1) is 10.7 Å². The number of para-hydroxylation sites is 2. The molecule has 2 amide bonds. The van der Waals surface area contributed by atoms with Crippen molar-refractivity contribution in [1.82, 2.24) is 0 Å². The van der Waals surface area contributed by atoms with E-state index >= 15 is 0 Å².